The van der Waals surface area contributed by atoms with Crippen molar-refractivity contribution in [2.24, 2.45) is 0 Å². The summed E-state index contributed by atoms with van der Waals surface area (Å²) >= 11 is 7.29. The van der Waals surface area contributed by atoms with Crippen LogP contribution in [0.15, 0.2) is 11.4 Å². The fraction of sp³-hybridized carbons (Fsp3) is 0.538. The zero-order chi connectivity index (χ0) is 14.3. The number of carboxylic acid groups (broad SMARTS) is 1. The van der Waals surface area contributed by atoms with E-state index in [1.807, 2.05) is 18.4 Å². The molecule has 1 unspecified atom stereocenters. The largest absolute Gasteiger partial charge is 0.480 e. The van der Waals surface area contributed by atoms with E-state index in [0.717, 1.165) is 17.7 Å². The molecule has 1 amide bonds. The van der Waals surface area contributed by atoms with Gasteiger partial charge in [-0.25, -0.2) is 4.79 Å². The van der Waals surface area contributed by atoms with Crippen molar-refractivity contribution in [1.82, 2.24) is 5.32 Å². The number of carboxylic acids is 1. The number of thiophene rings is 1. The van der Waals surface area contributed by atoms with Gasteiger partial charge in [0.1, 0.15) is 6.04 Å². The molecule has 0 aromatic carbocycles. The highest BCUT2D eigenvalue weighted by molar-refractivity contribution is 7.10. The number of hydrogen-bond acceptors (Lipinski definition) is 3. The van der Waals surface area contributed by atoms with Gasteiger partial charge in [0.05, 0.1) is 5.02 Å². The van der Waals surface area contributed by atoms with Crippen LogP contribution in [0, 0.1) is 0 Å². The average Bonchev–Trinajstić information content (AvgIpc) is 2.77. The van der Waals surface area contributed by atoms with Gasteiger partial charge in [0.25, 0.3) is 0 Å². The Labute approximate surface area is 121 Å². The number of hydrogen-bond donors (Lipinski definition) is 2. The van der Waals surface area contributed by atoms with Crippen molar-refractivity contribution in [1.29, 1.82) is 0 Å². The van der Waals surface area contributed by atoms with Crippen LogP contribution < -0.4 is 5.32 Å². The summed E-state index contributed by atoms with van der Waals surface area (Å²) in [4.78, 5) is 23.7. The third-order valence-electron chi connectivity index (χ3n) is 2.70. The number of aliphatic carboxylic acids is 1. The van der Waals surface area contributed by atoms with E-state index < -0.39 is 12.0 Å². The van der Waals surface area contributed by atoms with Gasteiger partial charge >= 0.3 is 5.97 Å². The van der Waals surface area contributed by atoms with Crippen LogP contribution in [0.4, 0.5) is 0 Å². The van der Waals surface area contributed by atoms with E-state index in [1.54, 1.807) is 0 Å². The smallest absolute Gasteiger partial charge is 0.326 e. The molecule has 19 heavy (non-hydrogen) atoms. The highest BCUT2D eigenvalue weighted by atomic mass is 35.5. The molecule has 6 heteroatoms. The van der Waals surface area contributed by atoms with E-state index in [4.69, 9.17) is 16.7 Å². The van der Waals surface area contributed by atoms with Crippen molar-refractivity contribution < 1.29 is 14.7 Å². The Balaban J connectivity index is 2.37. The van der Waals surface area contributed by atoms with Crippen molar-refractivity contribution in [3.63, 3.8) is 0 Å². The lowest BCUT2D eigenvalue weighted by Gasteiger charge is -2.13. The first-order chi connectivity index (χ1) is 9.02. The van der Waals surface area contributed by atoms with E-state index in [-0.39, 0.29) is 12.3 Å². The monoisotopic (exact) mass is 303 g/mol. The molecule has 1 heterocycles. The number of carbonyl (C=O) groups is 2. The molecule has 1 aromatic rings. The first-order valence-electron chi connectivity index (χ1n) is 6.28. The third kappa shape index (κ3) is 6.07. The molecule has 0 bridgehead atoms. The quantitative estimate of drug-likeness (QED) is 0.775. The van der Waals surface area contributed by atoms with Crippen LogP contribution in [0.1, 0.15) is 37.5 Å². The molecule has 1 rings (SSSR count). The number of nitrogens with one attached hydrogen (secondary N) is 1. The van der Waals surface area contributed by atoms with Crippen LogP contribution in [0.5, 0.6) is 0 Å². The molecule has 106 valence electrons. The predicted octanol–water partition coefficient (Wildman–Crippen LogP) is 3.09. The van der Waals surface area contributed by atoms with E-state index in [2.05, 4.69) is 5.32 Å². The zero-order valence-corrected chi connectivity index (χ0v) is 12.4. The molecule has 1 atom stereocenters. The Hall–Kier alpha value is -1.07. The first kappa shape index (κ1) is 16.0. The van der Waals surface area contributed by atoms with Gasteiger partial charge in [-0.3, -0.25) is 4.79 Å². The van der Waals surface area contributed by atoms with Crippen LogP contribution in [0.2, 0.25) is 5.02 Å². The summed E-state index contributed by atoms with van der Waals surface area (Å²) in [5, 5.41) is 14.1. The van der Waals surface area contributed by atoms with E-state index in [0.29, 0.717) is 17.9 Å². The minimum absolute atomic E-state index is 0.229. The molecule has 0 aliphatic carbocycles. The Morgan fingerprint density at radius 1 is 1.53 bits per heavy atom. The average molecular weight is 304 g/mol. The van der Waals surface area contributed by atoms with Gasteiger partial charge in [-0.05, 0) is 18.9 Å². The summed E-state index contributed by atoms with van der Waals surface area (Å²) in [6.07, 6.45) is 3.05. The summed E-state index contributed by atoms with van der Waals surface area (Å²) in [5.41, 5.74) is 0. The molecule has 0 radical (unpaired) electrons. The first-order valence-corrected chi connectivity index (χ1v) is 7.53. The normalized spacial score (nSPS) is 12.1. The summed E-state index contributed by atoms with van der Waals surface area (Å²) < 4.78 is 0. The Kier molecular flexibility index (Phi) is 6.87. The van der Waals surface area contributed by atoms with Crippen LogP contribution >= 0.6 is 22.9 Å². The number of carbonyl (C=O) groups excluding carboxylic acids is 1. The number of aryl methyl sites for hydroxylation is 1. The van der Waals surface area contributed by atoms with Crippen molar-refractivity contribution >= 4 is 34.8 Å². The number of rotatable bonds is 8. The summed E-state index contributed by atoms with van der Waals surface area (Å²) in [7, 11) is 0. The van der Waals surface area contributed by atoms with Crippen LogP contribution in [-0.2, 0) is 16.0 Å². The van der Waals surface area contributed by atoms with Crippen molar-refractivity contribution in [2.75, 3.05) is 0 Å². The SMILES string of the molecule is CCCCC(NC(=O)CCc1cc(Cl)cs1)C(=O)O. The summed E-state index contributed by atoms with van der Waals surface area (Å²) in [6.45, 7) is 1.99. The van der Waals surface area contributed by atoms with Crippen molar-refractivity contribution in [2.45, 2.75) is 45.1 Å². The number of unbranched alkanes of at least 4 members (excludes halogenated alkanes) is 1. The maximum atomic E-state index is 11.7. The molecule has 0 aliphatic heterocycles. The lowest BCUT2D eigenvalue weighted by molar-refractivity contribution is -0.142. The second-order valence-electron chi connectivity index (χ2n) is 4.33. The molecule has 1 aromatic heterocycles. The predicted molar refractivity (Wildman–Crippen MR) is 76.7 cm³/mol. The molecule has 0 spiro atoms. The van der Waals surface area contributed by atoms with Crippen LogP contribution in [0.25, 0.3) is 0 Å². The minimum atomic E-state index is -0.971. The summed E-state index contributed by atoms with van der Waals surface area (Å²) in [6, 6.07) is 1.05. The van der Waals surface area contributed by atoms with Gasteiger partial charge in [-0.15, -0.1) is 11.3 Å². The second kappa shape index (κ2) is 8.17. The highest BCUT2D eigenvalue weighted by Crippen LogP contribution is 2.20. The van der Waals surface area contributed by atoms with E-state index in [1.165, 1.54) is 11.3 Å². The van der Waals surface area contributed by atoms with Crippen LogP contribution in [0.3, 0.4) is 0 Å². The molecular weight excluding hydrogens is 286 g/mol. The van der Waals surface area contributed by atoms with E-state index >= 15 is 0 Å². The lowest BCUT2D eigenvalue weighted by atomic mass is 10.1. The van der Waals surface area contributed by atoms with Gasteiger partial charge in [-0.1, -0.05) is 31.4 Å². The third-order valence-corrected chi connectivity index (χ3v) is 4.04. The second-order valence-corrected chi connectivity index (χ2v) is 5.76. The van der Waals surface area contributed by atoms with Crippen molar-refractivity contribution in [3.8, 4) is 0 Å². The standard InChI is InChI=1S/C13H18ClNO3S/c1-2-3-4-11(13(17)18)15-12(16)6-5-10-7-9(14)8-19-10/h7-8,11H,2-6H2,1H3,(H,15,16)(H,17,18). The van der Waals surface area contributed by atoms with Gasteiger partial charge < -0.3 is 10.4 Å². The maximum absolute atomic E-state index is 11.7. The summed E-state index contributed by atoms with van der Waals surface area (Å²) in [5.74, 6) is -1.20. The number of amides is 1. The topological polar surface area (TPSA) is 66.4 Å². The fourth-order valence-corrected chi connectivity index (χ4v) is 2.73. The Morgan fingerprint density at radius 3 is 2.79 bits per heavy atom. The maximum Gasteiger partial charge on any atom is 0.326 e. The Morgan fingerprint density at radius 2 is 2.26 bits per heavy atom. The highest BCUT2D eigenvalue weighted by Gasteiger charge is 2.18. The van der Waals surface area contributed by atoms with Gasteiger partial charge in [0, 0.05) is 16.7 Å². The van der Waals surface area contributed by atoms with Crippen LogP contribution in [-0.4, -0.2) is 23.0 Å². The minimum Gasteiger partial charge on any atom is -0.480 e. The van der Waals surface area contributed by atoms with Gasteiger partial charge in [0.15, 0.2) is 0 Å². The molecule has 0 fully saturated rings. The Bertz CT molecular complexity index is 433. The molecule has 0 aliphatic rings. The zero-order valence-electron chi connectivity index (χ0n) is 10.8. The molecule has 0 saturated heterocycles. The molecule has 2 N–H and O–H groups in total. The van der Waals surface area contributed by atoms with Gasteiger partial charge in [0.2, 0.25) is 5.91 Å². The van der Waals surface area contributed by atoms with Gasteiger partial charge in [-0.2, -0.15) is 0 Å². The molecule has 4 nitrogen and oxygen atoms in total. The number of halogens is 1. The van der Waals surface area contributed by atoms with Crippen molar-refractivity contribution in [3.05, 3.63) is 21.3 Å². The van der Waals surface area contributed by atoms with E-state index in [9.17, 15) is 9.59 Å². The molecule has 0 saturated carbocycles. The fourth-order valence-electron chi connectivity index (χ4n) is 1.65. The molecular formula is C13H18ClNO3S. The lowest BCUT2D eigenvalue weighted by Crippen LogP contribution is -2.40.